The van der Waals surface area contributed by atoms with Gasteiger partial charge in [-0.25, -0.2) is 4.79 Å². The highest BCUT2D eigenvalue weighted by Gasteiger charge is 2.27. The van der Waals surface area contributed by atoms with E-state index in [1.165, 1.54) is 53.5 Å². The molecule has 26 heavy (non-hydrogen) atoms. The van der Waals surface area contributed by atoms with Crippen LogP contribution in [0.25, 0.3) is 21.5 Å². The average molecular weight is 347 g/mol. The van der Waals surface area contributed by atoms with E-state index in [4.69, 9.17) is 4.74 Å². The van der Waals surface area contributed by atoms with Crippen LogP contribution < -0.4 is 0 Å². The van der Waals surface area contributed by atoms with Crippen LogP contribution in [0.5, 0.6) is 0 Å². The molecule has 0 N–H and O–H groups in total. The first-order valence-corrected chi connectivity index (χ1v) is 9.52. The Morgan fingerprint density at radius 2 is 1.54 bits per heavy atom. The highest BCUT2D eigenvalue weighted by molar-refractivity contribution is 6.02. The minimum Gasteiger partial charge on any atom is -0.453 e. The van der Waals surface area contributed by atoms with Gasteiger partial charge in [-0.1, -0.05) is 67.8 Å². The number of carbonyl (C=O) groups excluding carboxylic acids is 1. The fraction of sp³-hybridized carbons (Fsp3) is 0.348. The highest BCUT2D eigenvalue weighted by Crippen LogP contribution is 2.32. The maximum absolute atomic E-state index is 12.6. The Kier molecular flexibility index (Phi) is 4.79. The summed E-state index contributed by atoms with van der Waals surface area (Å²) in [6, 6.07) is 19.4. The maximum Gasteiger partial charge on any atom is 0.410 e. The summed E-state index contributed by atoms with van der Waals surface area (Å²) in [6.07, 6.45) is 5.57. The molecule has 1 saturated carbocycles. The Balaban J connectivity index is 1.83. The van der Waals surface area contributed by atoms with Crippen LogP contribution in [0, 0.1) is 0 Å². The largest absolute Gasteiger partial charge is 0.453 e. The molecule has 3 aromatic carbocycles. The molecule has 0 heterocycles. The van der Waals surface area contributed by atoms with Crippen LogP contribution in [0.3, 0.4) is 0 Å². The summed E-state index contributed by atoms with van der Waals surface area (Å²) in [5.41, 5.74) is 1.22. The fourth-order valence-electron chi connectivity index (χ4n) is 4.30. The predicted octanol–water partition coefficient (Wildman–Crippen LogP) is 5.89. The number of carbonyl (C=O) groups is 1. The summed E-state index contributed by atoms with van der Waals surface area (Å²) in [4.78, 5) is 14.5. The second-order valence-electron chi connectivity index (χ2n) is 7.19. The number of hydrogen-bond acceptors (Lipinski definition) is 2. The molecule has 0 unspecified atom stereocenters. The van der Waals surface area contributed by atoms with Gasteiger partial charge in [0.1, 0.15) is 0 Å². The third-order valence-electron chi connectivity index (χ3n) is 5.64. The van der Waals surface area contributed by atoms with Crippen molar-refractivity contribution in [3.05, 3.63) is 60.2 Å². The summed E-state index contributed by atoms with van der Waals surface area (Å²) in [5.74, 6) is 0. The van der Waals surface area contributed by atoms with Crippen molar-refractivity contribution in [3.63, 3.8) is 0 Å². The van der Waals surface area contributed by atoms with E-state index in [-0.39, 0.29) is 12.1 Å². The molecule has 134 valence electrons. The van der Waals surface area contributed by atoms with Gasteiger partial charge in [0.2, 0.25) is 0 Å². The Labute approximate surface area is 154 Å². The summed E-state index contributed by atoms with van der Waals surface area (Å²) < 4.78 is 5.15. The zero-order valence-corrected chi connectivity index (χ0v) is 15.3. The fourth-order valence-corrected chi connectivity index (χ4v) is 4.30. The first-order chi connectivity index (χ1) is 12.8. The molecule has 1 fully saturated rings. The van der Waals surface area contributed by atoms with Gasteiger partial charge in [-0.2, -0.15) is 0 Å². The van der Waals surface area contributed by atoms with Crippen LogP contribution in [-0.4, -0.2) is 24.1 Å². The molecule has 0 atom stereocenters. The van der Waals surface area contributed by atoms with Crippen LogP contribution in [0.15, 0.2) is 54.6 Å². The van der Waals surface area contributed by atoms with Crippen molar-refractivity contribution in [1.82, 2.24) is 4.90 Å². The van der Waals surface area contributed by atoms with E-state index < -0.39 is 0 Å². The van der Waals surface area contributed by atoms with E-state index in [0.29, 0.717) is 6.54 Å². The molecule has 3 heteroatoms. The van der Waals surface area contributed by atoms with Crippen molar-refractivity contribution in [1.29, 1.82) is 0 Å². The molecule has 0 saturated heterocycles. The van der Waals surface area contributed by atoms with Gasteiger partial charge in [0.05, 0.1) is 13.7 Å². The van der Waals surface area contributed by atoms with E-state index in [0.717, 1.165) is 12.8 Å². The molecular formula is C23H25NO2. The number of benzene rings is 3. The molecule has 1 aliphatic carbocycles. The second kappa shape index (κ2) is 7.36. The number of fused-ring (bicyclic) bond motifs is 2. The molecule has 0 radical (unpaired) electrons. The van der Waals surface area contributed by atoms with E-state index in [9.17, 15) is 4.79 Å². The van der Waals surface area contributed by atoms with Crippen LogP contribution >= 0.6 is 0 Å². The molecule has 0 aliphatic heterocycles. The van der Waals surface area contributed by atoms with Gasteiger partial charge < -0.3 is 9.64 Å². The zero-order chi connectivity index (χ0) is 17.9. The topological polar surface area (TPSA) is 29.5 Å². The van der Waals surface area contributed by atoms with Crippen molar-refractivity contribution in [2.45, 2.75) is 44.7 Å². The normalized spacial score (nSPS) is 15.3. The summed E-state index contributed by atoms with van der Waals surface area (Å²) >= 11 is 0. The molecule has 3 aromatic rings. The molecule has 0 spiro atoms. The van der Waals surface area contributed by atoms with Gasteiger partial charge >= 0.3 is 6.09 Å². The molecule has 1 aliphatic rings. The van der Waals surface area contributed by atoms with Crippen LogP contribution in [0.1, 0.15) is 37.7 Å². The van der Waals surface area contributed by atoms with E-state index in [1.54, 1.807) is 0 Å². The van der Waals surface area contributed by atoms with Crippen LogP contribution in [-0.2, 0) is 11.3 Å². The molecule has 0 aromatic heterocycles. The van der Waals surface area contributed by atoms with Crippen molar-refractivity contribution in [2.24, 2.45) is 0 Å². The van der Waals surface area contributed by atoms with Crippen LogP contribution in [0.4, 0.5) is 4.79 Å². The minimum absolute atomic E-state index is 0.214. The smallest absolute Gasteiger partial charge is 0.410 e. The Morgan fingerprint density at radius 3 is 2.12 bits per heavy atom. The van der Waals surface area contributed by atoms with Gasteiger partial charge in [-0.05, 0) is 46.0 Å². The third-order valence-corrected chi connectivity index (χ3v) is 5.64. The van der Waals surface area contributed by atoms with Gasteiger partial charge in [0.25, 0.3) is 0 Å². The monoisotopic (exact) mass is 347 g/mol. The standard InChI is InChI=1S/C23H25NO2/c1-26-23(25)24(19-11-3-2-4-12-19)16-22-20-13-7-5-9-17(20)15-18-10-6-8-14-21(18)22/h5-10,13-15,19H,2-4,11-12,16H2,1H3. The number of nitrogens with zero attached hydrogens (tertiary/aromatic N) is 1. The van der Waals surface area contributed by atoms with Gasteiger partial charge in [-0.3, -0.25) is 0 Å². The lowest BCUT2D eigenvalue weighted by molar-refractivity contribution is 0.0902. The molecule has 1 amide bonds. The number of ether oxygens (including phenoxy) is 1. The van der Waals surface area contributed by atoms with Crippen LogP contribution in [0.2, 0.25) is 0 Å². The van der Waals surface area contributed by atoms with E-state index in [2.05, 4.69) is 54.6 Å². The average Bonchev–Trinajstić information content (AvgIpc) is 2.71. The lowest BCUT2D eigenvalue weighted by atomic mass is 9.92. The summed E-state index contributed by atoms with van der Waals surface area (Å²) in [5, 5.41) is 4.87. The summed E-state index contributed by atoms with van der Waals surface area (Å²) in [7, 11) is 1.49. The number of hydrogen-bond donors (Lipinski definition) is 0. The Hall–Kier alpha value is -2.55. The van der Waals surface area contributed by atoms with Crippen molar-refractivity contribution < 1.29 is 9.53 Å². The zero-order valence-electron chi connectivity index (χ0n) is 15.3. The van der Waals surface area contributed by atoms with E-state index in [1.807, 2.05) is 4.90 Å². The lowest BCUT2D eigenvalue weighted by Gasteiger charge is -2.34. The number of rotatable bonds is 3. The maximum atomic E-state index is 12.6. The second-order valence-corrected chi connectivity index (χ2v) is 7.19. The first kappa shape index (κ1) is 16.9. The Morgan fingerprint density at radius 1 is 0.962 bits per heavy atom. The molecule has 4 rings (SSSR count). The van der Waals surface area contributed by atoms with Crippen molar-refractivity contribution >= 4 is 27.6 Å². The minimum atomic E-state index is -0.214. The Bertz CT molecular complexity index is 874. The molecular weight excluding hydrogens is 322 g/mol. The number of amides is 1. The van der Waals surface area contributed by atoms with Crippen molar-refractivity contribution in [2.75, 3.05) is 7.11 Å². The third kappa shape index (κ3) is 3.14. The van der Waals surface area contributed by atoms with E-state index >= 15 is 0 Å². The van der Waals surface area contributed by atoms with Gasteiger partial charge in [0, 0.05) is 6.04 Å². The molecule has 0 bridgehead atoms. The lowest BCUT2D eigenvalue weighted by Crippen LogP contribution is -2.41. The quantitative estimate of drug-likeness (QED) is 0.553. The summed E-state index contributed by atoms with van der Waals surface area (Å²) in [6.45, 7) is 0.596. The number of methoxy groups -OCH3 is 1. The highest BCUT2D eigenvalue weighted by atomic mass is 16.5. The predicted molar refractivity (Wildman–Crippen MR) is 106 cm³/mol. The van der Waals surface area contributed by atoms with Crippen molar-refractivity contribution in [3.8, 4) is 0 Å². The molecule has 3 nitrogen and oxygen atoms in total. The SMILES string of the molecule is COC(=O)N(Cc1c2ccccc2cc2ccccc12)C1CCCCC1. The van der Waals surface area contributed by atoms with Gasteiger partial charge in [-0.15, -0.1) is 0 Å². The van der Waals surface area contributed by atoms with Gasteiger partial charge in [0.15, 0.2) is 0 Å². The first-order valence-electron chi connectivity index (χ1n) is 9.52.